The van der Waals surface area contributed by atoms with Gasteiger partial charge in [0, 0.05) is 20.1 Å². The summed E-state index contributed by atoms with van der Waals surface area (Å²) >= 11 is 0. The maximum Gasteiger partial charge on any atom is 0.323 e. The molecule has 0 aromatic rings. The molecule has 2 atom stereocenters. The summed E-state index contributed by atoms with van der Waals surface area (Å²) < 4.78 is 5.61. The first-order chi connectivity index (χ1) is 7.56. The van der Waals surface area contributed by atoms with E-state index in [0.29, 0.717) is 13.1 Å². The third kappa shape index (κ3) is 2.27. The van der Waals surface area contributed by atoms with Crippen molar-refractivity contribution in [3.05, 3.63) is 0 Å². The van der Waals surface area contributed by atoms with Crippen molar-refractivity contribution in [1.82, 2.24) is 9.80 Å². The first-order valence-electron chi connectivity index (χ1n) is 5.43. The molecule has 2 aliphatic heterocycles. The largest absolute Gasteiger partial charge is 0.480 e. The van der Waals surface area contributed by atoms with Crippen molar-refractivity contribution >= 4 is 12.0 Å². The number of likely N-dealkylation sites (N-methyl/N-ethyl adjacent to an activating group) is 1. The third-order valence-electron chi connectivity index (χ3n) is 3.01. The number of hydrogen-bond acceptors (Lipinski definition) is 3. The Morgan fingerprint density at radius 3 is 2.44 bits per heavy atom. The van der Waals surface area contributed by atoms with Gasteiger partial charge in [-0.15, -0.1) is 0 Å². The van der Waals surface area contributed by atoms with Crippen LogP contribution in [0.15, 0.2) is 0 Å². The highest BCUT2D eigenvalue weighted by molar-refractivity contribution is 5.80. The number of carboxylic acid groups (broad SMARTS) is 1. The van der Waals surface area contributed by atoms with Gasteiger partial charge in [0.1, 0.15) is 6.54 Å². The zero-order valence-electron chi connectivity index (χ0n) is 9.26. The standard InChI is InChI=1S/C10H16N2O4/c1-11(6-9(13)14)10(15)12-4-7-2-3-8(5-12)16-7/h7-8H,2-6H2,1H3,(H,13,14). The minimum atomic E-state index is -0.993. The Bertz CT molecular complexity index is 295. The highest BCUT2D eigenvalue weighted by atomic mass is 16.5. The molecule has 2 amide bonds. The molecule has 0 spiro atoms. The zero-order chi connectivity index (χ0) is 11.7. The van der Waals surface area contributed by atoms with Crippen LogP contribution in [0.5, 0.6) is 0 Å². The van der Waals surface area contributed by atoms with Crippen molar-refractivity contribution in [2.24, 2.45) is 0 Å². The van der Waals surface area contributed by atoms with E-state index in [2.05, 4.69) is 0 Å². The Morgan fingerprint density at radius 1 is 1.38 bits per heavy atom. The van der Waals surface area contributed by atoms with Crippen LogP contribution in [-0.2, 0) is 9.53 Å². The summed E-state index contributed by atoms with van der Waals surface area (Å²) in [4.78, 5) is 25.3. The average Bonchev–Trinajstić information content (AvgIpc) is 2.55. The molecule has 2 saturated heterocycles. The molecule has 6 heteroatoms. The van der Waals surface area contributed by atoms with Crippen LogP contribution < -0.4 is 0 Å². The number of likely N-dealkylation sites (tertiary alicyclic amines) is 1. The van der Waals surface area contributed by atoms with E-state index in [-0.39, 0.29) is 24.8 Å². The molecule has 2 aliphatic rings. The molecule has 2 unspecified atom stereocenters. The van der Waals surface area contributed by atoms with Gasteiger partial charge < -0.3 is 19.6 Å². The molecule has 2 fully saturated rings. The van der Waals surface area contributed by atoms with Crippen LogP contribution in [0.1, 0.15) is 12.8 Å². The zero-order valence-corrected chi connectivity index (χ0v) is 9.26. The quantitative estimate of drug-likeness (QED) is 0.721. The minimum Gasteiger partial charge on any atom is -0.480 e. The molecule has 2 bridgehead atoms. The van der Waals surface area contributed by atoms with Crippen molar-refractivity contribution in [2.45, 2.75) is 25.0 Å². The number of rotatable bonds is 2. The number of hydrogen-bond donors (Lipinski definition) is 1. The number of aliphatic carboxylic acids is 1. The summed E-state index contributed by atoms with van der Waals surface area (Å²) in [6.07, 6.45) is 2.27. The Labute approximate surface area is 93.8 Å². The van der Waals surface area contributed by atoms with E-state index in [1.54, 1.807) is 4.90 Å². The summed E-state index contributed by atoms with van der Waals surface area (Å²) in [5.74, 6) is -0.993. The van der Waals surface area contributed by atoms with Gasteiger partial charge >= 0.3 is 12.0 Å². The van der Waals surface area contributed by atoms with Crippen molar-refractivity contribution in [3.8, 4) is 0 Å². The summed E-state index contributed by atoms with van der Waals surface area (Å²) in [6, 6.07) is -0.220. The van der Waals surface area contributed by atoms with Gasteiger partial charge in [-0.25, -0.2) is 4.79 Å². The number of nitrogens with zero attached hydrogens (tertiary/aromatic N) is 2. The fourth-order valence-electron chi connectivity index (χ4n) is 2.28. The Kier molecular flexibility index (Phi) is 3.00. The second-order valence-corrected chi connectivity index (χ2v) is 4.39. The molecule has 1 N–H and O–H groups in total. The van der Waals surface area contributed by atoms with Crippen LogP contribution in [0, 0.1) is 0 Å². The number of carbonyl (C=O) groups excluding carboxylic acids is 1. The van der Waals surface area contributed by atoms with E-state index < -0.39 is 5.97 Å². The smallest absolute Gasteiger partial charge is 0.323 e. The Balaban J connectivity index is 1.92. The predicted molar refractivity (Wildman–Crippen MR) is 55.1 cm³/mol. The second kappa shape index (κ2) is 4.29. The number of carbonyl (C=O) groups is 2. The lowest BCUT2D eigenvalue weighted by Crippen LogP contribution is -2.51. The highest BCUT2D eigenvalue weighted by Gasteiger charge is 2.36. The molecule has 90 valence electrons. The first kappa shape index (κ1) is 11.2. The van der Waals surface area contributed by atoms with Crippen LogP contribution in [0.25, 0.3) is 0 Å². The van der Waals surface area contributed by atoms with Gasteiger partial charge in [-0.3, -0.25) is 4.79 Å². The molecule has 6 nitrogen and oxygen atoms in total. The topological polar surface area (TPSA) is 70.1 Å². The van der Waals surface area contributed by atoms with Gasteiger partial charge in [0.25, 0.3) is 0 Å². The van der Waals surface area contributed by atoms with Crippen LogP contribution in [-0.4, -0.2) is 65.8 Å². The third-order valence-corrected chi connectivity index (χ3v) is 3.01. The highest BCUT2D eigenvalue weighted by Crippen LogP contribution is 2.26. The van der Waals surface area contributed by atoms with Gasteiger partial charge in [-0.1, -0.05) is 0 Å². The fraction of sp³-hybridized carbons (Fsp3) is 0.800. The van der Waals surface area contributed by atoms with Crippen molar-refractivity contribution in [1.29, 1.82) is 0 Å². The molecule has 2 rings (SSSR count). The monoisotopic (exact) mass is 228 g/mol. The Hall–Kier alpha value is -1.30. The summed E-state index contributed by atoms with van der Waals surface area (Å²) in [5.41, 5.74) is 0. The number of ether oxygens (including phenoxy) is 1. The van der Waals surface area contributed by atoms with Gasteiger partial charge in [0.15, 0.2) is 0 Å². The lowest BCUT2D eigenvalue weighted by molar-refractivity contribution is -0.137. The molecule has 2 heterocycles. The number of carboxylic acids is 1. The van der Waals surface area contributed by atoms with E-state index in [1.165, 1.54) is 11.9 Å². The van der Waals surface area contributed by atoms with E-state index in [1.807, 2.05) is 0 Å². The van der Waals surface area contributed by atoms with Gasteiger partial charge in [-0.05, 0) is 12.8 Å². The number of fused-ring (bicyclic) bond motifs is 2. The van der Waals surface area contributed by atoms with Crippen LogP contribution in [0.4, 0.5) is 4.79 Å². The lowest BCUT2D eigenvalue weighted by atomic mass is 10.2. The van der Waals surface area contributed by atoms with Crippen molar-refractivity contribution in [3.63, 3.8) is 0 Å². The van der Waals surface area contributed by atoms with Crippen LogP contribution >= 0.6 is 0 Å². The SMILES string of the molecule is CN(CC(=O)O)C(=O)N1CC2CCC(C1)O2. The molecule has 0 radical (unpaired) electrons. The number of amides is 2. The van der Waals surface area contributed by atoms with E-state index in [4.69, 9.17) is 9.84 Å². The van der Waals surface area contributed by atoms with Crippen LogP contribution in [0.2, 0.25) is 0 Å². The molecular weight excluding hydrogens is 212 g/mol. The minimum absolute atomic E-state index is 0.140. The number of urea groups is 1. The second-order valence-electron chi connectivity index (χ2n) is 4.39. The normalized spacial score (nSPS) is 27.9. The molecule has 16 heavy (non-hydrogen) atoms. The van der Waals surface area contributed by atoms with Gasteiger partial charge in [0.2, 0.25) is 0 Å². The van der Waals surface area contributed by atoms with Crippen molar-refractivity contribution < 1.29 is 19.4 Å². The number of morpholine rings is 1. The van der Waals surface area contributed by atoms with E-state index in [9.17, 15) is 9.59 Å². The van der Waals surface area contributed by atoms with Gasteiger partial charge in [0.05, 0.1) is 12.2 Å². The van der Waals surface area contributed by atoms with Crippen molar-refractivity contribution in [2.75, 3.05) is 26.7 Å². The maximum atomic E-state index is 11.9. The molecule has 0 aliphatic carbocycles. The average molecular weight is 228 g/mol. The maximum absolute atomic E-state index is 11.9. The van der Waals surface area contributed by atoms with E-state index in [0.717, 1.165) is 12.8 Å². The molecule has 0 aromatic carbocycles. The van der Waals surface area contributed by atoms with E-state index >= 15 is 0 Å². The predicted octanol–water partition coefficient (Wildman–Crippen LogP) is -0.0140. The summed E-state index contributed by atoms with van der Waals surface area (Å²) in [6.45, 7) is 0.907. The fourth-order valence-corrected chi connectivity index (χ4v) is 2.28. The lowest BCUT2D eigenvalue weighted by Gasteiger charge is -2.34. The van der Waals surface area contributed by atoms with Crippen LogP contribution in [0.3, 0.4) is 0 Å². The molecule has 0 saturated carbocycles. The summed E-state index contributed by atoms with van der Waals surface area (Å²) in [5, 5.41) is 8.61. The molecule has 0 aromatic heterocycles. The Morgan fingerprint density at radius 2 is 1.94 bits per heavy atom. The summed E-state index contributed by atoms with van der Waals surface area (Å²) in [7, 11) is 1.51. The van der Waals surface area contributed by atoms with Gasteiger partial charge in [-0.2, -0.15) is 0 Å². The first-order valence-corrected chi connectivity index (χ1v) is 5.43. The molecular formula is C10H16N2O4.